The molecular formula is C44H47ClN6O4. The molecular weight excluding hydrogens is 712 g/mol. The minimum Gasteiger partial charge on any atom is -0.415 e. The molecule has 2 aliphatic carbocycles. The van der Waals surface area contributed by atoms with Crippen LogP contribution >= 0.6 is 11.6 Å². The first-order valence-corrected chi connectivity index (χ1v) is 18.7. The van der Waals surface area contributed by atoms with Crippen LogP contribution in [0.4, 0.5) is 21.2 Å². The topological polar surface area (TPSA) is 126 Å². The van der Waals surface area contributed by atoms with Gasteiger partial charge in [0.05, 0.1) is 22.8 Å². The van der Waals surface area contributed by atoms with Crippen molar-refractivity contribution in [2.75, 3.05) is 11.1 Å². The Morgan fingerprint density at radius 3 is 1.58 bits per heavy atom. The van der Waals surface area contributed by atoms with Crippen LogP contribution in [0.1, 0.15) is 74.2 Å². The third-order valence-electron chi connectivity index (χ3n) is 9.96. The average molecular weight is 759 g/mol. The van der Waals surface area contributed by atoms with E-state index >= 15 is 0 Å². The molecule has 2 aliphatic rings. The number of hydrogen-bond donors (Lipinski definition) is 2. The zero-order valence-corrected chi connectivity index (χ0v) is 32.9. The molecule has 2 heterocycles. The molecule has 6 aromatic rings. The smallest absolute Gasteiger partial charge is 0.415 e. The van der Waals surface area contributed by atoms with Gasteiger partial charge in [-0.25, -0.2) is 19.0 Å². The summed E-state index contributed by atoms with van der Waals surface area (Å²) in [6.07, 6.45) is 3.57. The van der Waals surface area contributed by atoms with Crippen LogP contribution < -0.4 is 20.5 Å². The molecule has 3 N–H and O–H groups in total. The number of aryl methyl sites for hydroxylation is 2. The summed E-state index contributed by atoms with van der Waals surface area (Å²) in [6, 6.07) is 34.1. The van der Waals surface area contributed by atoms with Gasteiger partial charge in [0.25, 0.3) is 0 Å². The highest BCUT2D eigenvalue weighted by molar-refractivity contribution is 6.61. The molecule has 0 atom stereocenters. The van der Waals surface area contributed by atoms with Crippen molar-refractivity contribution in [1.29, 1.82) is 0 Å². The van der Waals surface area contributed by atoms with E-state index in [9.17, 15) is 9.59 Å². The van der Waals surface area contributed by atoms with Crippen LogP contribution in [0.25, 0.3) is 11.4 Å². The van der Waals surface area contributed by atoms with Gasteiger partial charge in [-0.3, -0.25) is 5.32 Å². The molecule has 55 heavy (non-hydrogen) atoms. The van der Waals surface area contributed by atoms with Crippen molar-refractivity contribution < 1.29 is 19.1 Å². The third-order valence-corrected chi connectivity index (χ3v) is 10.0. The lowest BCUT2D eigenvalue weighted by atomic mass is 9.91. The Balaban J connectivity index is 0.000000157. The Morgan fingerprint density at radius 2 is 1.09 bits per heavy atom. The van der Waals surface area contributed by atoms with Gasteiger partial charge in [-0.2, -0.15) is 10.2 Å². The van der Waals surface area contributed by atoms with Crippen LogP contribution in [0.5, 0.6) is 11.5 Å². The number of para-hydroxylation sites is 2. The Morgan fingerprint density at radius 1 is 0.655 bits per heavy atom. The summed E-state index contributed by atoms with van der Waals surface area (Å²) >= 11 is 4.95. The number of anilines is 2. The van der Waals surface area contributed by atoms with Crippen LogP contribution in [0, 0.1) is 13.8 Å². The van der Waals surface area contributed by atoms with Gasteiger partial charge in [-0.1, -0.05) is 99.5 Å². The number of hydrogen-bond acceptors (Lipinski definition) is 7. The lowest BCUT2D eigenvalue weighted by molar-refractivity contribution is 0.215. The molecule has 0 unspecified atom stereocenters. The fourth-order valence-electron chi connectivity index (χ4n) is 6.78. The molecule has 0 bridgehead atoms. The number of nitrogen functional groups attached to an aromatic ring is 1. The van der Waals surface area contributed by atoms with E-state index in [0.29, 0.717) is 17.3 Å². The molecule has 0 radical (unpaired) electrons. The minimum absolute atomic E-state index is 0.00888. The summed E-state index contributed by atoms with van der Waals surface area (Å²) < 4.78 is 13.7. The second-order valence-electron chi connectivity index (χ2n) is 15.1. The Bertz CT molecular complexity index is 2260. The molecule has 11 heteroatoms. The van der Waals surface area contributed by atoms with Crippen molar-refractivity contribution in [3.05, 3.63) is 143 Å². The largest absolute Gasteiger partial charge is 0.418 e. The summed E-state index contributed by atoms with van der Waals surface area (Å²) in [7, 11) is 0. The number of fused-ring (bicyclic) bond motifs is 2. The molecule has 284 valence electrons. The zero-order valence-electron chi connectivity index (χ0n) is 32.1. The minimum atomic E-state index is -0.814. The molecule has 0 saturated carbocycles. The van der Waals surface area contributed by atoms with Crippen LogP contribution in [0.2, 0.25) is 0 Å². The first kappa shape index (κ1) is 38.8. The zero-order chi connectivity index (χ0) is 39.3. The maximum absolute atomic E-state index is 12.5. The quantitative estimate of drug-likeness (QED) is 0.168. The van der Waals surface area contributed by atoms with E-state index in [0.717, 1.165) is 54.1 Å². The van der Waals surface area contributed by atoms with Gasteiger partial charge in [-0.05, 0) is 88.1 Å². The second-order valence-corrected chi connectivity index (χ2v) is 15.4. The molecule has 10 nitrogen and oxygen atoms in total. The number of nitrogens with zero attached hydrogens (tertiary/aromatic N) is 4. The summed E-state index contributed by atoms with van der Waals surface area (Å²) in [5, 5.41) is 12.5. The summed E-state index contributed by atoms with van der Waals surface area (Å²) in [5.41, 5.74) is 14.5. The standard InChI is InChI=1S/C22H23N3O2.C15H19N3.C7H5ClO2/c1-15-9-11-16(12-10-15)25-20(18-13-14-22(2,3)19(18)24-25)23-21(26)27-17-7-5-4-6-8-17;1-10-4-6-11(7-5-10)18-14(16)12-8-9-15(2,3)13(12)17-18;8-7(9)10-6-4-2-1-3-5-6/h4-12H,13-14H2,1-3H3,(H,23,26);4-7H,8-9,16H2,1-3H3;1-5H. The molecule has 0 spiro atoms. The fraction of sp³-hybridized carbons (Fsp3) is 0.273. The highest BCUT2D eigenvalue weighted by Gasteiger charge is 2.37. The molecule has 8 rings (SSSR count). The number of nitrogens with one attached hydrogen (secondary N) is 1. The molecule has 1 amide bonds. The number of halogens is 1. The van der Waals surface area contributed by atoms with Gasteiger partial charge in [-0.15, -0.1) is 0 Å². The number of carbonyl (C=O) groups excluding carboxylic acids is 2. The van der Waals surface area contributed by atoms with Gasteiger partial charge < -0.3 is 15.2 Å². The van der Waals surface area contributed by atoms with Gasteiger partial charge in [0, 0.05) is 33.6 Å². The average Bonchev–Trinajstić information content (AvgIpc) is 3.87. The van der Waals surface area contributed by atoms with E-state index in [2.05, 4.69) is 68.9 Å². The Kier molecular flexibility index (Phi) is 11.5. The molecule has 4 aromatic carbocycles. The number of aromatic nitrogens is 4. The van der Waals surface area contributed by atoms with Crippen molar-refractivity contribution in [3.8, 4) is 22.9 Å². The summed E-state index contributed by atoms with van der Waals surface area (Å²) in [5.74, 6) is 2.47. The molecule has 0 aliphatic heterocycles. The van der Waals surface area contributed by atoms with Gasteiger partial charge >= 0.3 is 11.5 Å². The monoisotopic (exact) mass is 758 g/mol. The molecule has 0 fully saturated rings. The SMILES string of the molecule is Cc1ccc(-n2nc3c(c2N)CCC3(C)C)cc1.Cc1ccc(-n2nc3c(c2NC(=O)Oc2ccccc2)CCC3(C)C)cc1.O=C(Cl)Oc1ccccc1. The van der Waals surface area contributed by atoms with E-state index in [1.165, 1.54) is 22.4 Å². The van der Waals surface area contributed by atoms with Crippen molar-refractivity contribution in [3.63, 3.8) is 0 Å². The number of carbonyl (C=O) groups is 2. The Labute approximate surface area is 327 Å². The van der Waals surface area contributed by atoms with Crippen LogP contribution in [-0.4, -0.2) is 31.1 Å². The van der Waals surface area contributed by atoms with Gasteiger partial charge in [0.15, 0.2) is 0 Å². The molecule has 2 aromatic heterocycles. The maximum Gasteiger partial charge on any atom is 0.418 e. The highest BCUT2D eigenvalue weighted by Crippen LogP contribution is 2.42. The lowest BCUT2D eigenvalue weighted by Gasteiger charge is -2.16. The number of ether oxygens (including phenoxy) is 2. The van der Waals surface area contributed by atoms with E-state index < -0.39 is 11.5 Å². The van der Waals surface area contributed by atoms with Crippen LogP contribution in [0.3, 0.4) is 0 Å². The van der Waals surface area contributed by atoms with E-state index in [1.807, 2.05) is 64.8 Å². The maximum atomic E-state index is 12.5. The normalized spacial score (nSPS) is 14.3. The number of nitrogens with two attached hydrogens (primary N) is 1. The Hall–Kier alpha value is -5.87. The molecule has 0 saturated heterocycles. The van der Waals surface area contributed by atoms with Gasteiger partial charge in [0.2, 0.25) is 0 Å². The fourth-order valence-corrected chi connectivity index (χ4v) is 6.87. The van der Waals surface area contributed by atoms with Crippen molar-refractivity contribution >= 4 is 34.8 Å². The first-order valence-electron chi connectivity index (χ1n) is 18.3. The van der Waals surface area contributed by atoms with Crippen molar-refractivity contribution in [1.82, 2.24) is 19.6 Å². The van der Waals surface area contributed by atoms with Gasteiger partial charge in [0.1, 0.15) is 23.1 Å². The van der Waals surface area contributed by atoms with Crippen LogP contribution in [-0.2, 0) is 23.7 Å². The number of rotatable bonds is 5. The van der Waals surface area contributed by atoms with E-state index in [4.69, 9.17) is 32.3 Å². The summed E-state index contributed by atoms with van der Waals surface area (Å²) in [4.78, 5) is 22.7. The highest BCUT2D eigenvalue weighted by atomic mass is 35.5. The van der Waals surface area contributed by atoms with E-state index in [1.54, 1.807) is 36.4 Å². The summed E-state index contributed by atoms with van der Waals surface area (Å²) in [6.45, 7) is 13.0. The second kappa shape index (κ2) is 16.2. The number of benzene rings is 4. The van der Waals surface area contributed by atoms with Crippen molar-refractivity contribution in [2.45, 2.75) is 78.1 Å². The lowest BCUT2D eigenvalue weighted by Crippen LogP contribution is -2.20. The first-order chi connectivity index (χ1) is 26.2. The van der Waals surface area contributed by atoms with Crippen molar-refractivity contribution in [2.24, 2.45) is 0 Å². The van der Waals surface area contributed by atoms with E-state index in [-0.39, 0.29) is 10.8 Å². The van der Waals surface area contributed by atoms with Crippen LogP contribution in [0.15, 0.2) is 109 Å². The third kappa shape index (κ3) is 9.09. The number of amides is 1. The predicted octanol–water partition coefficient (Wildman–Crippen LogP) is 10.4. The predicted molar refractivity (Wildman–Crippen MR) is 218 cm³/mol.